The lowest BCUT2D eigenvalue weighted by Crippen LogP contribution is -2.48. The number of hydrogen-bond donors (Lipinski definition) is 1. The highest BCUT2D eigenvalue weighted by Crippen LogP contribution is 2.22. The summed E-state index contributed by atoms with van der Waals surface area (Å²) >= 11 is 0. The van der Waals surface area contributed by atoms with Crippen LogP contribution in [0.1, 0.15) is 38.7 Å². The van der Waals surface area contributed by atoms with Gasteiger partial charge in [0.1, 0.15) is 5.82 Å². The molecule has 0 unspecified atom stereocenters. The molecule has 0 saturated carbocycles. The first-order chi connectivity index (χ1) is 10.1. The van der Waals surface area contributed by atoms with E-state index in [1.54, 1.807) is 18.2 Å². The van der Waals surface area contributed by atoms with Crippen LogP contribution in [0.2, 0.25) is 0 Å². The average Bonchev–Trinajstić information content (AvgIpc) is 2.45. The molecular formula is C17H26FNO2. The lowest BCUT2D eigenvalue weighted by Gasteiger charge is -2.40. The Kier molecular flexibility index (Phi) is 6.15. The van der Waals surface area contributed by atoms with Crippen LogP contribution in [-0.2, 0) is 11.3 Å². The fourth-order valence-corrected chi connectivity index (χ4v) is 3.05. The van der Waals surface area contributed by atoms with Crippen LogP contribution in [0.4, 0.5) is 4.39 Å². The maximum atomic E-state index is 13.4. The van der Waals surface area contributed by atoms with Crippen molar-refractivity contribution >= 4 is 0 Å². The normalized spacial score (nSPS) is 25.0. The van der Waals surface area contributed by atoms with Gasteiger partial charge in [0.05, 0.1) is 19.3 Å². The summed E-state index contributed by atoms with van der Waals surface area (Å²) in [6.07, 6.45) is 3.11. The predicted molar refractivity (Wildman–Crippen MR) is 81.5 cm³/mol. The largest absolute Gasteiger partial charge is 0.389 e. The average molecular weight is 295 g/mol. The fraction of sp³-hybridized carbons (Fsp3) is 0.647. The second-order valence-electron chi connectivity index (χ2n) is 6.09. The van der Waals surface area contributed by atoms with E-state index in [0.717, 1.165) is 0 Å². The van der Waals surface area contributed by atoms with Crippen molar-refractivity contribution in [1.29, 1.82) is 0 Å². The highest BCUT2D eigenvalue weighted by atomic mass is 19.1. The molecule has 1 aliphatic heterocycles. The number of hydrogen-bond acceptors (Lipinski definition) is 3. The summed E-state index contributed by atoms with van der Waals surface area (Å²) in [5, 5.41) is 10.1. The molecule has 21 heavy (non-hydrogen) atoms. The summed E-state index contributed by atoms with van der Waals surface area (Å²) in [5.41, 5.74) is 0.532. The van der Waals surface area contributed by atoms with E-state index in [1.807, 2.05) is 0 Å². The minimum absolute atomic E-state index is 0.203. The standard InChI is InChI=1S/C17H26FNO2/c1-13-6-5-7-14(2)19(13)10-16(20)12-21-11-15-8-3-4-9-17(15)18/h3-4,8-9,13-14,16,20H,5-7,10-12H2,1-2H3/t13-,14-,16+/m0/s1. The molecule has 0 bridgehead atoms. The summed E-state index contributed by atoms with van der Waals surface area (Å²) in [6.45, 7) is 5.49. The molecule has 3 atom stereocenters. The van der Waals surface area contributed by atoms with E-state index < -0.39 is 6.10 Å². The topological polar surface area (TPSA) is 32.7 Å². The first kappa shape index (κ1) is 16.4. The Hall–Kier alpha value is -0.970. The highest BCUT2D eigenvalue weighted by Gasteiger charge is 2.26. The third-order valence-electron chi connectivity index (χ3n) is 4.32. The van der Waals surface area contributed by atoms with Gasteiger partial charge >= 0.3 is 0 Å². The van der Waals surface area contributed by atoms with Crippen molar-refractivity contribution in [2.75, 3.05) is 13.2 Å². The van der Waals surface area contributed by atoms with Crippen LogP contribution in [-0.4, -0.2) is 41.3 Å². The molecule has 1 heterocycles. The van der Waals surface area contributed by atoms with Crippen LogP contribution in [0.25, 0.3) is 0 Å². The van der Waals surface area contributed by atoms with E-state index >= 15 is 0 Å². The smallest absolute Gasteiger partial charge is 0.128 e. The van der Waals surface area contributed by atoms with E-state index in [2.05, 4.69) is 18.7 Å². The molecule has 0 amide bonds. The summed E-state index contributed by atoms with van der Waals surface area (Å²) in [4.78, 5) is 2.35. The second kappa shape index (κ2) is 7.87. The molecule has 1 aromatic carbocycles. The van der Waals surface area contributed by atoms with Gasteiger partial charge in [0.2, 0.25) is 0 Å². The summed E-state index contributed by atoms with van der Waals surface area (Å²) in [6, 6.07) is 7.59. The van der Waals surface area contributed by atoms with Crippen molar-refractivity contribution in [2.24, 2.45) is 0 Å². The van der Waals surface area contributed by atoms with Gasteiger partial charge in [0.25, 0.3) is 0 Å². The van der Waals surface area contributed by atoms with Crippen LogP contribution in [0.5, 0.6) is 0 Å². The Morgan fingerprint density at radius 2 is 1.95 bits per heavy atom. The van der Waals surface area contributed by atoms with E-state index in [-0.39, 0.29) is 19.0 Å². The van der Waals surface area contributed by atoms with Gasteiger partial charge in [0.15, 0.2) is 0 Å². The van der Waals surface area contributed by atoms with Gasteiger partial charge in [-0.05, 0) is 32.8 Å². The second-order valence-corrected chi connectivity index (χ2v) is 6.09. The maximum absolute atomic E-state index is 13.4. The maximum Gasteiger partial charge on any atom is 0.128 e. The Labute approximate surface area is 126 Å². The lowest BCUT2D eigenvalue weighted by molar-refractivity contribution is -0.0140. The monoisotopic (exact) mass is 295 g/mol. The van der Waals surface area contributed by atoms with Crippen LogP contribution in [0.3, 0.4) is 0 Å². The summed E-state index contributed by atoms with van der Waals surface area (Å²) in [7, 11) is 0. The van der Waals surface area contributed by atoms with Gasteiger partial charge in [-0.3, -0.25) is 4.90 Å². The van der Waals surface area contributed by atoms with Crippen molar-refractivity contribution in [3.63, 3.8) is 0 Å². The lowest BCUT2D eigenvalue weighted by atomic mass is 9.97. The van der Waals surface area contributed by atoms with Crippen molar-refractivity contribution in [3.05, 3.63) is 35.6 Å². The number of piperidine rings is 1. The first-order valence-electron chi connectivity index (χ1n) is 7.83. The van der Waals surface area contributed by atoms with Gasteiger partial charge in [-0.2, -0.15) is 0 Å². The number of halogens is 1. The minimum atomic E-state index is -0.528. The summed E-state index contributed by atoms with van der Waals surface area (Å²) in [5.74, 6) is -0.259. The molecular weight excluding hydrogens is 269 g/mol. The quantitative estimate of drug-likeness (QED) is 0.876. The minimum Gasteiger partial charge on any atom is -0.389 e. The molecule has 1 N–H and O–H groups in total. The third kappa shape index (κ3) is 4.77. The van der Waals surface area contributed by atoms with Crippen molar-refractivity contribution in [3.8, 4) is 0 Å². The Bertz CT molecular complexity index is 431. The molecule has 3 nitrogen and oxygen atoms in total. The molecule has 1 aromatic rings. The van der Waals surface area contributed by atoms with Gasteiger partial charge in [-0.1, -0.05) is 24.6 Å². The van der Waals surface area contributed by atoms with E-state index in [1.165, 1.54) is 25.3 Å². The zero-order chi connectivity index (χ0) is 15.2. The zero-order valence-electron chi connectivity index (χ0n) is 13.0. The molecule has 0 aromatic heterocycles. The number of aliphatic hydroxyl groups excluding tert-OH is 1. The van der Waals surface area contributed by atoms with Crippen LogP contribution in [0, 0.1) is 5.82 Å². The van der Waals surface area contributed by atoms with Crippen molar-refractivity contribution in [1.82, 2.24) is 4.90 Å². The van der Waals surface area contributed by atoms with Crippen LogP contribution < -0.4 is 0 Å². The number of benzene rings is 1. The Morgan fingerprint density at radius 3 is 2.62 bits per heavy atom. The molecule has 0 radical (unpaired) electrons. The highest BCUT2D eigenvalue weighted by molar-refractivity contribution is 5.16. The molecule has 2 rings (SSSR count). The Balaban J connectivity index is 1.74. The zero-order valence-corrected chi connectivity index (χ0v) is 13.0. The predicted octanol–water partition coefficient (Wildman–Crippen LogP) is 2.97. The van der Waals surface area contributed by atoms with E-state index in [0.29, 0.717) is 24.2 Å². The third-order valence-corrected chi connectivity index (χ3v) is 4.32. The first-order valence-corrected chi connectivity index (χ1v) is 7.83. The molecule has 4 heteroatoms. The van der Waals surface area contributed by atoms with Crippen molar-refractivity contribution in [2.45, 2.75) is 57.9 Å². The summed E-state index contributed by atoms with van der Waals surface area (Å²) < 4.78 is 18.9. The molecule has 118 valence electrons. The number of β-amino-alcohol motifs (C(OH)–C–C–N with tert-alkyl or cyclic N) is 1. The number of rotatable bonds is 6. The number of nitrogens with zero attached hydrogens (tertiary/aromatic N) is 1. The van der Waals surface area contributed by atoms with Crippen LogP contribution in [0.15, 0.2) is 24.3 Å². The van der Waals surface area contributed by atoms with E-state index in [9.17, 15) is 9.50 Å². The number of likely N-dealkylation sites (tertiary alicyclic amines) is 1. The molecule has 1 fully saturated rings. The molecule has 0 spiro atoms. The van der Waals surface area contributed by atoms with E-state index in [4.69, 9.17) is 4.74 Å². The van der Waals surface area contributed by atoms with Crippen molar-refractivity contribution < 1.29 is 14.2 Å². The number of aliphatic hydroxyl groups is 1. The fourth-order valence-electron chi connectivity index (χ4n) is 3.05. The van der Waals surface area contributed by atoms with Crippen LogP contribution >= 0.6 is 0 Å². The number of ether oxygens (including phenoxy) is 1. The molecule has 1 aliphatic rings. The SMILES string of the molecule is C[C@H]1CCC[C@H](C)N1C[C@@H](O)COCc1ccccc1F. The van der Waals surface area contributed by atoms with Gasteiger partial charge in [-0.25, -0.2) is 4.39 Å². The molecule has 1 saturated heterocycles. The van der Waals surface area contributed by atoms with Gasteiger partial charge in [0, 0.05) is 24.2 Å². The van der Waals surface area contributed by atoms with Gasteiger partial charge in [-0.15, -0.1) is 0 Å². The van der Waals surface area contributed by atoms with Gasteiger partial charge < -0.3 is 9.84 Å². The molecule has 0 aliphatic carbocycles. The Morgan fingerprint density at radius 1 is 1.29 bits per heavy atom.